The number of benzene rings is 1. The zero-order valence-electron chi connectivity index (χ0n) is 11.3. The molecule has 0 unspecified atom stereocenters. The average molecular weight is 351 g/mol. The molecule has 8 heteroatoms. The van der Waals surface area contributed by atoms with Gasteiger partial charge in [0.05, 0.1) is 5.02 Å². The highest BCUT2D eigenvalue weighted by atomic mass is 35.5. The number of sulfonamides is 1. The summed E-state index contributed by atoms with van der Waals surface area (Å²) in [5, 5.41) is 2.66. The molecule has 1 amide bonds. The highest BCUT2D eigenvalue weighted by Gasteiger charge is 2.28. The topological polar surface area (TPSA) is 66.5 Å². The second kappa shape index (κ2) is 6.96. The summed E-state index contributed by atoms with van der Waals surface area (Å²) < 4.78 is 26.7. The van der Waals surface area contributed by atoms with Crippen molar-refractivity contribution in [2.24, 2.45) is 0 Å². The Hall–Kier alpha value is -0.820. The zero-order valence-corrected chi connectivity index (χ0v) is 13.6. The van der Waals surface area contributed by atoms with E-state index < -0.39 is 15.9 Å². The highest BCUT2D eigenvalue weighted by molar-refractivity contribution is 7.89. The lowest BCUT2D eigenvalue weighted by Gasteiger charge is -2.26. The molecule has 1 aromatic rings. The van der Waals surface area contributed by atoms with Crippen LogP contribution in [-0.2, 0) is 14.8 Å². The van der Waals surface area contributed by atoms with E-state index in [0.29, 0.717) is 18.8 Å². The van der Waals surface area contributed by atoms with E-state index in [4.69, 9.17) is 23.2 Å². The summed E-state index contributed by atoms with van der Waals surface area (Å²) in [6.07, 6.45) is 2.73. The molecule has 1 fully saturated rings. The Labute approximate surface area is 134 Å². The van der Waals surface area contributed by atoms with E-state index in [1.165, 1.54) is 16.4 Å². The molecule has 0 aromatic heterocycles. The Bertz CT molecular complexity index is 628. The van der Waals surface area contributed by atoms with Gasteiger partial charge in [0, 0.05) is 18.8 Å². The van der Waals surface area contributed by atoms with Crippen molar-refractivity contribution < 1.29 is 13.2 Å². The number of piperidine rings is 1. The number of nitrogens with one attached hydrogen (secondary N) is 1. The van der Waals surface area contributed by atoms with E-state index >= 15 is 0 Å². The minimum Gasteiger partial charge on any atom is -0.325 e. The molecule has 0 saturated carbocycles. The van der Waals surface area contributed by atoms with E-state index in [0.717, 1.165) is 19.3 Å². The Balaban J connectivity index is 2.33. The third-order valence-corrected chi connectivity index (χ3v) is 5.89. The average Bonchev–Trinajstić information content (AvgIpc) is 2.49. The first-order chi connectivity index (χ1) is 9.95. The standard InChI is InChI=1S/C13H16Cl2N2O3S/c14-9-13(18)16-10-4-5-11(15)12(8-10)21(19,20)17-6-2-1-3-7-17/h4-5,8H,1-3,6-7,9H2,(H,16,18). The van der Waals surface area contributed by atoms with Crippen LogP contribution in [0.2, 0.25) is 5.02 Å². The fourth-order valence-corrected chi connectivity index (χ4v) is 4.30. The van der Waals surface area contributed by atoms with Gasteiger partial charge < -0.3 is 5.32 Å². The van der Waals surface area contributed by atoms with Gasteiger partial charge in [0.25, 0.3) is 0 Å². The van der Waals surface area contributed by atoms with Crippen molar-refractivity contribution in [3.8, 4) is 0 Å². The van der Waals surface area contributed by atoms with Gasteiger partial charge in [0.1, 0.15) is 10.8 Å². The Morgan fingerprint density at radius 1 is 1.24 bits per heavy atom. The third kappa shape index (κ3) is 3.88. The molecule has 21 heavy (non-hydrogen) atoms. The van der Waals surface area contributed by atoms with Crippen LogP contribution in [0.4, 0.5) is 5.69 Å². The van der Waals surface area contributed by atoms with Crippen LogP contribution < -0.4 is 5.32 Å². The van der Waals surface area contributed by atoms with Gasteiger partial charge in [-0.1, -0.05) is 18.0 Å². The molecule has 1 aliphatic rings. The molecule has 1 aliphatic heterocycles. The minimum absolute atomic E-state index is 0.0124. The van der Waals surface area contributed by atoms with Crippen LogP contribution in [0.5, 0.6) is 0 Å². The van der Waals surface area contributed by atoms with Crippen molar-refractivity contribution in [2.45, 2.75) is 24.2 Å². The Kier molecular flexibility index (Phi) is 5.48. The summed E-state index contributed by atoms with van der Waals surface area (Å²) in [5.41, 5.74) is 0.362. The fraction of sp³-hybridized carbons (Fsp3) is 0.462. The lowest BCUT2D eigenvalue weighted by Crippen LogP contribution is -2.35. The lowest BCUT2D eigenvalue weighted by molar-refractivity contribution is -0.113. The third-order valence-electron chi connectivity index (χ3n) is 3.27. The number of carbonyl (C=O) groups is 1. The molecule has 1 aromatic carbocycles. The number of alkyl halides is 1. The van der Waals surface area contributed by atoms with Gasteiger partial charge in [-0.15, -0.1) is 11.6 Å². The maximum Gasteiger partial charge on any atom is 0.244 e. The second-order valence-corrected chi connectivity index (χ2v) is 7.37. The van der Waals surface area contributed by atoms with Crippen LogP contribution in [0.15, 0.2) is 23.1 Å². The SMILES string of the molecule is O=C(CCl)Nc1ccc(Cl)c(S(=O)(=O)N2CCCCC2)c1. The van der Waals surface area contributed by atoms with Gasteiger partial charge in [-0.05, 0) is 31.0 Å². The molecular formula is C13H16Cl2N2O3S. The van der Waals surface area contributed by atoms with Gasteiger partial charge in [-0.3, -0.25) is 4.79 Å². The van der Waals surface area contributed by atoms with E-state index in [2.05, 4.69) is 5.32 Å². The Morgan fingerprint density at radius 3 is 2.52 bits per heavy atom. The summed E-state index contributed by atoms with van der Waals surface area (Å²) in [4.78, 5) is 11.3. The van der Waals surface area contributed by atoms with Crippen LogP contribution in [0.3, 0.4) is 0 Å². The summed E-state index contributed by atoms with van der Waals surface area (Å²) in [7, 11) is -3.64. The van der Waals surface area contributed by atoms with Crippen LogP contribution in [0.1, 0.15) is 19.3 Å². The number of carbonyl (C=O) groups excluding carboxylic acids is 1. The molecule has 5 nitrogen and oxygen atoms in total. The largest absolute Gasteiger partial charge is 0.325 e. The Morgan fingerprint density at radius 2 is 1.90 bits per heavy atom. The van der Waals surface area contributed by atoms with E-state index in [-0.39, 0.29) is 15.8 Å². The molecular weight excluding hydrogens is 335 g/mol. The molecule has 1 saturated heterocycles. The predicted molar refractivity (Wildman–Crippen MR) is 83.4 cm³/mol. The predicted octanol–water partition coefficient (Wildman–Crippen LogP) is 2.69. The molecule has 116 valence electrons. The molecule has 0 aliphatic carbocycles. The number of hydrogen-bond donors (Lipinski definition) is 1. The maximum atomic E-state index is 12.6. The number of amides is 1. The van der Waals surface area contributed by atoms with Gasteiger partial charge in [0.15, 0.2) is 0 Å². The van der Waals surface area contributed by atoms with Crippen molar-refractivity contribution in [3.05, 3.63) is 23.2 Å². The molecule has 1 N–H and O–H groups in total. The van der Waals surface area contributed by atoms with Crippen molar-refractivity contribution in [1.82, 2.24) is 4.31 Å². The second-order valence-electron chi connectivity index (χ2n) is 4.79. The molecule has 0 radical (unpaired) electrons. The number of rotatable bonds is 4. The first-order valence-electron chi connectivity index (χ1n) is 6.60. The first kappa shape index (κ1) is 16.5. The van der Waals surface area contributed by atoms with E-state index in [1.807, 2.05) is 0 Å². The van der Waals surface area contributed by atoms with Crippen molar-refractivity contribution >= 4 is 44.8 Å². The van der Waals surface area contributed by atoms with Crippen LogP contribution in [0, 0.1) is 0 Å². The van der Waals surface area contributed by atoms with Crippen molar-refractivity contribution in [2.75, 3.05) is 24.3 Å². The molecule has 0 atom stereocenters. The quantitative estimate of drug-likeness (QED) is 0.849. The molecule has 0 spiro atoms. The minimum atomic E-state index is -3.64. The van der Waals surface area contributed by atoms with Gasteiger partial charge >= 0.3 is 0 Å². The smallest absolute Gasteiger partial charge is 0.244 e. The normalized spacial score (nSPS) is 16.7. The van der Waals surface area contributed by atoms with Crippen molar-refractivity contribution in [3.63, 3.8) is 0 Å². The number of hydrogen-bond acceptors (Lipinski definition) is 3. The fourth-order valence-electron chi connectivity index (χ4n) is 2.22. The lowest BCUT2D eigenvalue weighted by atomic mass is 10.2. The summed E-state index contributed by atoms with van der Waals surface area (Å²) in [5.74, 6) is -0.600. The number of anilines is 1. The summed E-state index contributed by atoms with van der Waals surface area (Å²) in [6.45, 7) is 0.994. The van der Waals surface area contributed by atoms with Crippen LogP contribution in [0.25, 0.3) is 0 Å². The molecule has 1 heterocycles. The highest BCUT2D eigenvalue weighted by Crippen LogP contribution is 2.29. The molecule has 0 bridgehead atoms. The summed E-state index contributed by atoms with van der Waals surface area (Å²) in [6, 6.07) is 4.38. The summed E-state index contributed by atoms with van der Waals surface area (Å²) >= 11 is 11.4. The van der Waals surface area contributed by atoms with Crippen molar-refractivity contribution in [1.29, 1.82) is 0 Å². The van der Waals surface area contributed by atoms with Crippen LogP contribution >= 0.6 is 23.2 Å². The van der Waals surface area contributed by atoms with Gasteiger partial charge in [-0.2, -0.15) is 4.31 Å². The van der Waals surface area contributed by atoms with Gasteiger partial charge in [-0.25, -0.2) is 8.42 Å². The van der Waals surface area contributed by atoms with E-state index in [1.54, 1.807) is 6.07 Å². The first-order valence-corrected chi connectivity index (χ1v) is 8.96. The zero-order chi connectivity index (χ0) is 15.5. The van der Waals surface area contributed by atoms with Gasteiger partial charge in [0.2, 0.25) is 15.9 Å². The van der Waals surface area contributed by atoms with Crippen LogP contribution in [-0.4, -0.2) is 37.6 Å². The molecule has 2 rings (SSSR count). The number of nitrogens with zero attached hydrogens (tertiary/aromatic N) is 1. The van der Waals surface area contributed by atoms with E-state index in [9.17, 15) is 13.2 Å². The number of halogens is 2. The monoisotopic (exact) mass is 350 g/mol. The maximum absolute atomic E-state index is 12.6.